The van der Waals surface area contributed by atoms with Crippen LogP contribution < -0.4 is 0 Å². The van der Waals surface area contributed by atoms with E-state index in [0.717, 1.165) is 49.7 Å². The first-order valence-electron chi connectivity index (χ1n) is 9.20. The highest BCUT2D eigenvalue weighted by Crippen LogP contribution is 2.56. The summed E-state index contributed by atoms with van der Waals surface area (Å²) in [5.41, 5.74) is 0.398. The van der Waals surface area contributed by atoms with E-state index in [0.29, 0.717) is 0 Å². The minimum Gasteiger partial charge on any atom is -0.385 e. The second-order valence-corrected chi connectivity index (χ2v) is 7.58. The molecule has 2 saturated carbocycles. The number of fused-ring (bicyclic) bond motifs is 1. The van der Waals surface area contributed by atoms with Gasteiger partial charge >= 0.3 is 0 Å². The molecule has 0 aliphatic heterocycles. The van der Waals surface area contributed by atoms with Gasteiger partial charge in [0.05, 0.1) is 11.2 Å². The zero-order valence-corrected chi connectivity index (χ0v) is 14.1. The highest BCUT2D eigenvalue weighted by atomic mass is 16.3. The summed E-state index contributed by atoms with van der Waals surface area (Å²) < 4.78 is 0. The van der Waals surface area contributed by atoms with E-state index in [1.807, 2.05) is 60.7 Å². The Balaban J connectivity index is 1.75. The van der Waals surface area contributed by atoms with E-state index in [9.17, 15) is 10.2 Å². The third-order valence-corrected chi connectivity index (χ3v) is 6.41. The second-order valence-electron chi connectivity index (χ2n) is 7.58. The molecule has 2 heteroatoms. The average molecular weight is 322 g/mol. The van der Waals surface area contributed by atoms with Crippen molar-refractivity contribution < 1.29 is 10.2 Å². The van der Waals surface area contributed by atoms with Gasteiger partial charge < -0.3 is 10.2 Å². The van der Waals surface area contributed by atoms with Gasteiger partial charge in [0.1, 0.15) is 0 Å². The molecule has 4 atom stereocenters. The van der Waals surface area contributed by atoms with Gasteiger partial charge in [-0.2, -0.15) is 0 Å². The van der Waals surface area contributed by atoms with Crippen LogP contribution in [-0.2, 0) is 11.2 Å². The van der Waals surface area contributed by atoms with Crippen molar-refractivity contribution in [1.82, 2.24) is 0 Å². The van der Waals surface area contributed by atoms with Gasteiger partial charge in [-0.1, -0.05) is 60.7 Å². The van der Waals surface area contributed by atoms with Crippen LogP contribution in [0.4, 0.5) is 0 Å². The molecule has 2 N–H and O–H groups in total. The van der Waals surface area contributed by atoms with E-state index < -0.39 is 11.2 Å². The molecule has 2 aromatic carbocycles. The number of aliphatic hydroxyl groups is 2. The van der Waals surface area contributed by atoms with Gasteiger partial charge in [0, 0.05) is 0 Å². The second kappa shape index (κ2) is 6.02. The number of benzene rings is 2. The van der Waals surface area contributed by atoms with Gasteiger partial charge in [-0.05, 0) is 61.5 Å². The van der Waals surface area contributed by atoms with Crippen LogP contribution in [0.2, 0.25) is 0 Å². The van der Waals surface area contributed by atoms with Crippen molar-refractivity contribution in [2.45, 2.75) is 49.7 Å². The lowest BCUT2D eigenvalue weighted by Crippen LogP contribution is -2.53. The SMILES string of the molecule is OC1(c2ccccc2)CCCC2C1CCCC2(O)c1ccccc1. The normalized spacial score (nSPS) is 36.1. The topological polar surface area (TPSA) is 40.5 Å². The maximum absolute atomic E-state index is 11.6. The molecule has 2 nitrogen and oxygen atoms in total. The summed E-state index contributed by atoms with van der Waals surface area (Å²) >= 11 is 0. The Kier molecular flexibility index (Phi) is 3.98. The molecule has 2 aliphatic carbocycles. The molecule has 0 aromatic heterocycles. The van der Waals surface area contributed by atoms with Crippen LogP contribution >= 0.6 is 0 Å². The summed E-state index contributed by atoms with van der Waals surface area (Å²) in [6.45, 7) is 0. The zero-order valence-electron chi connectivity index (χ0n) is 14.1. The molecule has 2 aromatic rings. The van der Waals surface area contributed by atoms with E-state index in [4.69, 9.17) is 0 Å². The summed E-state index contributed by atoms with van der Waals surface area (Å²) in [4.78, 5) is 0. The van der Waals surface area contributed by atoms with Crippen LogP contribution in [-0.4, -0.2) is 10.2 Å². The molecule has 0 heterocycles. The highest BCUT2D eigenvalue weighted by molar-refractivity contribution is 5.29. The van der Waals surface area contributed by atoms with Crippen molar-refractivity contribution in [2.24, 2.45) is 11.8 Å². The number of hydrogen-bond donors (Lipinski definition) is 2. The zero-order chi connectivity index (χ0) is 16.6. The van der Waals surface area contributed by atoms with Crippen molar-refractivity contribution in [2.75, 3.05) is 0 Å². The molecular weight excluding hydrogens is 296 g/mol. The summed E-state index contributed by atoms with van der Waals surface area (Å²) in [6.07, 6.45) is 5.49. The summed E-state index contributed by atoms with van der Waals surface area (Å²) in [5, 5.41) is 23.2. The summed E-state index contributed by atoms with van der Waals surface area (Å²) in [6, 6.07) is 20.2. The van der Waals surface area contributed by atoms with E-state index in [-0.39, 0.29) is 11.8 Å². The lowest BCUT2D eigenvalue weighted by atomic mass is 9.55. The third kappa shape index (κ3) is 2.40. The lowest BCUT2D eigenvalue weighted by Gasteiger charge is -2.54. The van der Waals surface area contributed by atoms with Crippen molar-refractivity contribution in [1.29, 1.82) is 0 Å². The molecule has 24 heavy (non-hydrogen) atoms. The van der Waals surface area contributed by atoms with Crippen molar-refractivity contribution in [3.8, 4) is 0 Å². The van der Waals surface area contributed by atoms with E-state index in [2.05, 4.69) is 0 Å². The van der Waals surface area contributed by atoms with Gasteiger partial charge in [-0.15, -0.1) is 0 Å². The predicted molar refractivity (Wildman–Crippen MR) is 95.4 cm³/mol. The van der Waals surface area contributed by atoms with Gasteiger partial charge in [0.25, 0.3) is 0 Å². The maximum Gasteiger partial charge on any atom is 0.0928 e. The van der Waals surface area contributed by atoms with Crippen molar-refractivity contribution >= 4 is 0 Å². The molecule has 126 valence electrons. The molecule has 0 bridgehead atoms. The van der Waals surface area contributed by atoms with E-state index in [1.54, 1.807) is 0 Å². The van der Waals surface area contributed by atoms with Crippen molar-refractivity contribution in [3.63, 3.8) is 0 Å². The van der Waals surface area contributed by atoms with E-state index in [1.165, 1.54) is 0 Å². The molecular formula is C22H26O2. The quantitative estimate of drug-likeness (QED) is 0.862. The molecule has 0 amide bonds. The molecule has 0 spiro atoms. The Morgan fingerprint density at radius 2 is 1.00 bits per heavy atom. The molecule has 0 saturated heterocycles. The smallest absolute Gasteiger partial charge is 0.0928 e. The Morgan fingerprint density at radius 3 is 1.38 bits per heavy atom. The average Bonchev–Trinajstić information content (AvgIpc) is 2.64. The maximum atomic E-state index is 11.6. The first kappa shape index (κ1) is 15.9. The van der Waals surface area contributed by atoms with Crippen LogP contribution in [0.5, 0.6) is 0 Å². The fourth-order valence-electron chi connectivity index (χ4n) is 5.27. The largest absolute Gasteiger partial charge is 0.385 e. The van der Waals surface area contributed by atoms with Crippen molar-refractivity contribution in [3.05, 3.63) is 71.8 Å². The molecule has 4 rings (SSSR count). The number of rotatable bonds is 2. The Bertz CT molecular complexity index is 622. The fraction of sp³-hybridized carbons (Fsp3) is 0.455. The standard InChI is InChI=1S/C22H26O2/c23-21(17-9-3-1-4-10-17)15-7-14-20-19(21)13-8-16-22(20,24)18-11-5-2-6-12-18/h1-6,9-12,19-20,23-24H,7-8,13-16H2. The third-order valence-electron chi connectivity index (χ3n) is 6.41. The fourth-order valence-corrected chi connectivity index (χ4v) is 5.27. The highest BCUT2D eigenvalue weighted by Gasteiger charge is 2.54. The Hall–Kier alpha value is -1.64. The monoisotopic (exact) mass is 322 g/mol. The van der Waals surface area contributed by atoms with Gasteiger partial charge in [0.15, 0.2) is 0 Å². The molecule has 4 unspecified atom stereocenters. The van der Waals surface area contributed by atoms with Gasteiger partial charge in [0.2, 0.25) is 0 Å². The van der Waals surface area contributed by atoms with E-state index >= 15 is 0 Å². The van der Waals surface area contributed by atoms with Gasteiger partial charge in [-0.25, -0.2) is 0 Å². The summed E-state index contributed by atoms with van der Waals surface area (Å²) in [5.74, 6) is 0.236. The molecule has 0 radical (unpaired) electrons. The van der Waals surface area contributed by atoms with Crippen LogP contribution in [0.25, 0.3) is 0 Å². The predicted octanol–water partition coefficient (Wildman–Crippen LogP) is 4.36. The first-order chi connectivity index (χ1) is 11.6. The lowest BCUT2D eigenvalue weighted by molar-refractivity contribution is -0.171. The van der Waals surface area contributed by atoms with Crippen LogP contribution in [0.1, 0.15) is 49.7 Å². The van der Waals surface area contributed by atoms with Crippen LogP contribution in [0, 0.1) is 11.8 Å². The minimum absolute atomic E-state index is 0.118. The first-order valence-corrected chi connectivity index (χ1v) is 9.20. The van der Waals surface area contributed by atoms with Crippen LogP contribution in [0.3, 0.4) is 0 Å². The number of hydrogen-bond acceptors (Lipinski definition) is 2. The summed E-state index contributed by atoms with van der Waals surface area (Å²) in [7, 11) is 0. The van der Waals surface area contributed by atoms with Crippen LogP contribution in [0.15, 0.2) is 60.7 Å². The minimum atomic E-state index is -0.812. The Morgan fingerprint density at radius 1 is 0.625 bits per heavy atom. The molecule has 2 fully saturated rings. The molecule has 2 aliphatic rings. The Labute approximate surface area is 144 Å². The van der Waals surface area contributed by atoms with Gasteiger partial charge in [-0.3, -0.25) is 0 Å².